The summed E-state index contributed by atoms with van der Waals surface area (Å²) in [7, 11) is 1.73. The molecule has 1 fully saturated rings. The van der Waals surface area contributed by atoms with Crippen LogP contribution in [-0.4, -0.2) is 32.8 Å². The summed E-state index contributed by atoms with van der Waals surface area (Å²) < 4.78 is 5.09. The summed E-state index contributed by atoms with van der Waals surface area (Å²) in [5.41, 5.74) is 6.00. The molecule has 0 atom stereocenters. The van der Waals surface area contributed by atoms with Gasteiger partial charge in [0, 0.05) is 26.8 Å². The van der Waals surface area contributed by atoms with Crippen LogP contribution in [-0.2, 0) is 4.74 Å². The summed E-state index contributed by atoms with van der Waals surface area (Å²) in [6.45, 7) is 6.88. The molecule has 1 rings (SSSR count). The normalized spacial score (nSPS) is 17.9. The van der Waals surface area contributed by atoms with E-state index in [0.717, 1.165) is 32.0 Å². The second kappa shape index (κ2) is 6.84. The molecule has 17 heavy (non-hydrogen) atoms. The average molecular weight is 241 g/mol. The van der Waals surface area contributed by atoms with Crippen molar-refractivity contribution >= 4 is 5.96 Å². The average Bonchev–Trinajstić information content (AvgIpc) is 2.22. The van der Waals surface area contributed by atoms with Crippen molar-refractivity contribution in [3.8, 4) is 0 Å². The van der Waals surface area contributed by atoms with Crippen LogP contribution in [0, 0.1) is 11.3 Å². The third-order valence-corrected chi connectivity index (χ3v) is 3.46. The van der Waals surface area contributed by atoms with Crippen LogP contribution in [0.3, 0.4) is 0 Å². The first-order chi connectivity index (χ1) is 8.03. The SMILES string of the molecule is COCCC(C)(C)CN=C(N)NCC1CCC1. The van der Waals surface area contributed by atoms with Gasteiger partial charge in [0.1, 0.15) is 0 Å². The number of rotatable bonds is 7. The van der Waals surface area contributed by atoms with Gasteiger partial charge in [-0.1, -0.05) is 20.3 Å². The van der Waals surface area contributed by atoms with Gasteiger partial charge in [-0.25, -0.2) is 0 Å². The van der Waals surface area contributed by atoms with Crippen molar-refractivity contribution in [1.29, 1.82) is 0 Å². The van der Waals surface area contributed by atoms with Crippen molar-refractivity contribution in [1.82, 2.24) is 5.32 Å². The van der Waals surface area contributed by atoms with Crippen molar-refractivity contribution in [3.63, 3.8) is 0 Å². The molecule has 0 bridgehead atoms. The van der Waals surface area contributed by atoms with Gasteiger partial charge in [0.2, 0.25) is 0 Å². The molecule has 1 aliphatic rings. The number of aliphatic imine (C=N–C) groups is 1. The van der Waals surface area contributed by atoms with Gasteiger partial charge in [0.15, 0.2) is 5.96 Å². The summed E-state index contributed by atoms with van der Waals surface area (Å²) in [6, 6.07) is 0. The maximum atomic E-state index is 5.84. The van der Waals surface area contributed by atoms with E-state index >= 15 is 0 Å². The van der Waals surface area contributed by atoms with E-state index in [1.807, 2.05) is 0 Å². The van der Waals surface area contributed by atoms with Crippen LogP contribution in [0.25, 0.3) is 0 Å². The Labute approximate surface area is 105 Å². The molecule has 0 aromatic carbocycles. The predicted octanol–water partition coefficient (Wildman–Crippen LogP) is 1.75. The number of hydrogen-bond acceptors (Lipinski definition) is 2. The summed E-state index contributed by atoms with van der Waals surface area (Å²) in [4.78, 5) is 4.41. The van der Waals surface area contributed by atoms with Crippen LogP contribution >= 0.6 is 0 Å². The first kappa shape index (κ1) is 14.3. The molecular formula is C13H27N3O. The third kappa shape index (κ3) is 5.91. The Bertz CT molecular complexity index is 247. The zero-order chi connectivity index (χ0) is 12.7. The number of nitrogens with zero attached hydrogens (tertiary/aromatic N) is 1. The standard InChI is InChI=1S/C13H27N3O/c1-13(2,7-8-17-3)10-16-12(14)15-9-11-5-4-6-11/h11H,4-10H2,1-3H3,(H3,14,15,16). The highest BCUT2D eigenvalue weighted by atomic mass is 16.5. The molecule has 1 saturated carbocycles. The Kier molecular flexibility index (Phi) is 5.75. The highest BCUT2D eigenvalue weighted by Crippen LogP contribution is 2.25. The van der Waals surface area contributed by atoms with Crippen LogP contribution in [0.5, 0.6) is 0 Å². The minimum absolute atomic E-state index is 0.152. The molecule has 0 amide bonds. The Morgan fingerprint density at radius 1 is 1.47 bits per heavy atom. The number of methoxy groups -OCH3 is 1. The minimum Gasteiger partial charge on any atom is -0.385 e. The molecule has 0 aliphatic heterocycles. The fraction of sp³-hybridized carbons (Fsp3) is 0.923. The number of ether oxygens (including phenoxy) is 1. The van der Waals surface area contributed by atoms with Crippen molar-refractivity contribution in [2.45, 2.75) is 39.5 Å². The summed E-state index contributed by atoms with van der Waals surface area (Å²) >= 11 is 0. The fourth-order valence-electron chi connectivity index (χ4n) is 1.76. The van der Waals surface area contributed by atoms with E-state index in [-0.39, 0.29) is 5.41 Å². The van der Waals surface area contributed by atoms with Crippen LogP contribution < -0.4 is 11.1 Å². The highest BCUT2D eigenvalue weighted by molar-refractivity contribution is 5.77. The van der Waals surface area contributed by atoms with Crippen LogP contribution in [0.2, 0.25) is 0 Å². The molecule has 0 unspecified atom stereocenters. The van der Waals surface area contributed by atoms with E-state index in [2.05, 4.69) is 24.2 Å². The topological polar surface area (TPSA) is 59.6 Å². The van der Waals surface area contributed by atoms with Crippen molar-refractivity contribution in [3.05, 3.63) is 0 Å². The third-order valence-electron chi connectivity index (χ3n) is 3.46. The van der Waals surface area contributed by atoms with Crippen LogP contribution in [0.15, 0.2) is 4.99 Å². The molecule has 0 heterocycles. The quantitative estimate of drug-likeness (QED) is 0.527. The van der Waals surface area contributed by atoms with Gasteiger partial charge < -0.3 is 15.8 Å². The molecule has 4 nitrogen and oxygen atoms in total. The van der Waals surface area contributed by atoms with Gasteiger partial charge in [-0.05, 0) is 30.6 Å². The molecule has 0 saturated heterocycles. The first-order valence-corrected chi connectivity index (χ1v) is 6.56. The Balaban J connectivity index is 2.19. The minimum atomic E-state index is 0.152. The smallest absolute Gasteiger partial charge is 0.188 e. The first-order valence-electron chi connectivity index (χ1n) is 6.56. The lowest BCUT2D eigenvalue weighted by Crippen LogP contribution is -2.38. The molecular weight excluding hydrogens is 214 g/mol. The van der Waals surface area contributed by atoms with E-state index in [9.17, 15) is 0 Å². The monoisotopic (exact) mass is 241 g/mol. The molecule has 0 aromatic rings. The maximum absolute atomic E-state index is 5.84. The van der Waals surface area contributed by atoms with E-state index in [1.54, 1.807) is 7.11 Å². The molecule has 0 spiro atoms. The van der Waals surface area contributed by atoms with Gasteiger partial charge in [-0.2, -0.15) is 0 Å². The Morgan fingerprint density at radius 2 is 2.18 bits per heavy atom. The Morgan fingerprint density at radius 3 is 2.71 bits per heavy atom. The predicted molar refractivity (Wildman–Crippen MR) is 72.1 cm³/mol. The second-order valence-electron chi connectivity index (χ2n) is 5.79. The van der Waals surface area contributed by atoms with Crippen LogP contribution in [0.4, 0.5) is 0 Å². The zero-order valence-corrected chi connectivity index (χ0v) is 11.5. The molecule has 100 valence electrons. The van der Waals surface area contributed by atoms with Crippen LogP contribution in [0.1, 0.15) is 39.5 Å². The summed E-state index contributed by atoms with van der Waals surface area (Å²) in [6.07, 6.45) is 5.04. The van der Waals surface area contributed by atoms with Crippen molar-refractivity contribution < 1.29 is 4.74 Å². The molecule has 1 aliphatic carbocycles. The lowest BCUT2D eigenvalue weighted by atomic mass is 9.85. The summed E-state index contributed by atoms with van der Waals surface area (Å²) in [5, 5.41) is 3.21. The number of nitrogens with two attached hydrogens (primary N) is 1. The van der Waals surface area contributed by atoms with E-state index < -0.39 is 0 Å². The number of guanidine groups is 1. The van der Waals surface area contributed by atoms with Gasteiger partial charge in [-0.3, -0.25) is 4.99 Å². The second-order valence-corrected chi connectivity index (χ2v) is 5.79. The molecule has 3 N–H and O–H groups in total. The molecule has 0 aromatic heterocycles. The van der Waals surface area contributed by atoms with Gasteiger partial charge >= 0.3 is 0 Å². The lowest BCUT2D eigenvalue weighted by Gasteiger charge is -2.26. The van der Waals surface area contributed by atoms with Gasteiger partial charge in [0.25, 0.3) is 0 Å². The largest absolute Gasteiger partial charge is 0.385 e. The zero-order valence-electron chi connectivity index (χ0n) is 11.5. The van der Waals surface area contributed by atoms with E-state index in [1.165, 1.54) is 19.3 Å². The van der Waals surface area contributed by atoms with Crippen molar-refractivity contribution in [2.75, 3.05) is 26.8 Å². The Hall–Kier alpha value is -0.770. The maximum Gasteiger partial charge on any atom is 0.188 e. The van der Waals surface area contributed by atoms with E-state index in [0.29, 0.717) is 5.96 Å². The highest BCUT2D eigenvalue weighted by Gasteiger charge is 2.18. The van der Waals surface area contributed by atoms with E-state index in [4.69, 9.17) is 10.5 Å². The number of nitrogens with one attached hydrogen (secondary N) is 1. The molecule has 4 heteroatoms. The van der Waals surface area contributed by atoms with Crippen molar-refractivity contribution in [2.24, 2.45) is 22.1 Å². The lowest BCUT2D eigenvalue weighted by molar-refractivity contribution is 0.155. The van der Waals surface area contributed by atoms with Gasteiger partial charge in [0.05, 0.1) is 0 Å². The number of hydrogen-bond donors (Lipinski definition) is 2. The fourth-order valence-corrected chi connectivity index (χ4v) is 1.76. The van der Waals surface area contributed by atoms with Gasteiger partial charge in [-0.15, -0.1) is 0 Å². The molecule has 0 radical (unpaired) electrons. The summed E-state index contributed by atoms with van der Waals surface area (Å²) in [5.74, 6) is 1.40.